The summed E-state index contributed by atoms with van der Waals surface area (Å²) in [7, 11) is 0. The van der Waals surface area contributed by atoms with Crippen LogP contribution in [0.3, 0.4) is 0 Å². The number of benzene rings is 2. The van der Waals surface area contributed by atoms with E-state index < -0.39 is 0 Å². The average molecular weight is 254 g/mol. The molecule has 0 spiro atoms. The summed E-state index contributed by atoms with van der Waals surface area (Å²) in [5.41, 5.74) is 1.57. The van der Waals surface area contributed by atoms with Crippen LogP contribution >= 0.6 is 11.6 Å². The Balaban J connectivity index is 2.35. The molecule has 3 aromatic rings. The Labute approximate surface area is 109 Å². The third-order valence-corrected chi connectivity index (χ3v) is 3.01. The topological polar surface area (TPSA) is 41.6 Å². The predicted molar refractivity (Wildman–Crippen MR) is 70.8 cm³/mol. The first-order valence-corrected chi connectivity index (χ1v) is 5.80. The van der Waals surface area contributed by atoms with Crippen molar-refractivity contribution in [1.29, 1.82) is 5.26 Å². The lowest BCUT2D eigenvalue weighted by Crippen LogP contribution is -1.96. The fourth-order valence-corrected chi connectivity index (χ4v) is 2.15. The molecule has 86 valence electrons. The summed E-state index contributed by atoms with van der Waals surface area (Å²) in [5.74, 6) is 0. The van der Waals surface area contributed by atoms with E-state index in [-0.39, 0.29) is 0 Å². The first kappa shape index (κ1) is 10.8. The molecule has 0 atom stereocenters. The Morgan fingerprint density at radius 2 is 1.89 bits per heavy atom. The summed E-state index contributed by atoms with van der Waals surface area (Å²) >= 11 is 5.88. The summed E-state index contributed by atoms with van der Waals surface area (Å²) in [6.45, 7) is 0. The zero-order valence-corrected chi connectivity index (χ0v) is 10.1. The number of fused-ring (bicyclic) bond motifs is 1. The Morgan fingerprint density at radius 3 is 2.56 bits per heavy atom. The lowest BCUT2D eigenvalue weighted by Gasteiger charge is -2.07. The maximum atomic E-state index is 9.11. The molecule has 0 unspecified atom stereocenters. The molecule has 3 nitrogen and oxygen atoms in total. The van der Waals surface area contributed by atoms with Crippen molar-refractivity contribution in [2.24, 2.45) is 0 Å². The van der Waals surface area contributed by atoms with Crippen LogP contribution in [0.4, 0.5) is 0 Å². The van der Waals surface area contributed by atoms with Gasteiger partial charge in [0.2, 0.25) is 0 Å². The molecule has 3 rings (SSSR count). The zero-order chi connectivity index (χ0) is 12.5. The van der Waals surface area contributed by atoms with Crippen LogP contribution < -0.4 is 0 Å². The molecule has 0 aliphatic heterocycles. The van der Waals surface area contributed by atoms with E-state index >= 15 is 0 Å². The minimum absolute atomic E-state index is 0.587. The quantitative estimate of drug-likeness (QED) is 0.665. The lowest BCUT2D eigenvalue weighted by atomic mass is 10.0. The first-order chi connectivity index (χ1) is 8.79. The SMILES string of the molecule is N#Cc1ccc(-n2cc(Cl)cn2)c2ccccc12. The van der Waals surface area contributed by atoms with Crippen LogP contribution in [0.25, 0.3) is 16.5 Å². The monoisotopic (exact) mass is 253 g/mol. The molecule has 0 bridgehead atoms. The highest BCUT2D eigenvalue weighted by molar-refractivity contribution is 6.30. The van der Waals surface area contributed by atoms with Gasteiger partial charge in [0.25, 0.3) is 0 Å². The maximum Gasteiger partial charge on any atom is 0.0998 e. The van der Waals surface area contributed by atoms with E-state index in [0.29, 0.717) is 10.6 Å². The molecule has 0 N–H and O–H groups in total. The number of nitriles is 1. The molecule has 0 aliphatic carbocycles. The highest BCUT2D eigenvalue weighted by atomic mass is 35.5. The number of rotatable bonds is 1. The van der Waals surface area contributed by atoms with E-state index in [1.807, 2.05) is 30.3 Å². The van der Waals surface area contributed by atoms with Crippen LogP contribution in [-0.2, 0) is 0 Å². The van der Waals surface area contributed by atoms with Gasteiger partial charge in [-0.1, -0.05) is 35.9 Å². The van der Waals surface area contributed by atoms with Crippen molar-refractivity contribution in [3.8, 4) is 11.8 Å². The molecule has 1 aromatic heterocycles. The molecule has 0 radical (unpaired) electrons. The van der Waals surface area contributed by atoms with Gasteiger partial charge in [-0.2, -0.15) is 10.4 Å². The molecule has 4 heteroatoms. The van der Waals surface area contributed by atoms with Gasteiger partial charge in [-0.15, -0.1) is 0 Å². The maximum absolute atomic E-state index is 9.11. The van der Waals surface area contributed by atoms with Gasteiger partial charge in [0.15, 0.2) is 0 Å². The van der Waals surface area contributed by atoms with Gasteiger partial charge in [-0.25, -0.2) is 4.68 Å². The van der Waals surface area contributed by atoms with Crippen LogP contribution in [0, 0.1) is 11.3 Å². The number of hydrogen-bond acceptors (Lipinski definition) is 2. The van der Waals surface area contributed by atoms with Crippen molar-refractivity contribution >= 4 is 22.4 Å². The number of hydrogen-bond donors (Lipinski definition) is 0. The van der Waals surface area contributed by atoms with Gasteiger partial charge < -0.3 is 0 Å². The molecular weight excluding hydrogens is 246 g/mol. The van der Waals surface area contributed by atoms with Crippen LogP contribution in [0.1, 0.15) is 5.56 Å². The summed E-state index contributed by atoms with van der Waals surface area (Å²) in [6.07, 6.45) is 3.34. The van der Waals surface area contributed by atoms with E-state index in [1.165, 1.54) is 0 Å². The van der Waals surface area contributed by atoms with E-state index in [4.69, 9.17) is 16.9 Å². The Morgan fingerprint density at radius 1 is 1.11 bits per heavy atom. The van der Waals surface area contributed by atoms with E-state index in [2.05, 4.69) is 11.2 Å². The molecule has 0 saturated heterocycles. The summed E-state index contributed by atoms with van der Waals surface area (Å²) in [4.78, 5) is 0. The van der Waals surface area contributed by atoms with Crippen LogP contribution in [-0.4, -0.2) is 9.78 Å². The van der Waals surface area contributed by atoms with Crippen LogP contribution in [0.5, 0.6) is 0 Å². The minimum Gasteiger partial charge on any atom is -0.239 e. The molecule has 0 aliphatic rings. The third kappa shape index (κ3) is 1.64. The van der Waals surface area contributed by atoms with Gasteiger partial charge in [-0.3, -0.25) is 0 Å². The van der Waals surface area contributed by atoms with Gasteiger partial charge in [0.05, 0.1) is 28.5 Å². The van der Waals surface area contributed by atoms with E-state index in [9.17, 15) is 0 Å². The van der Waals surface area contributed by atoms with Crippen molar-refractivity contribution in [3.05, 3.63) is 59.4 Å². The summed E-state index contributed by atoms with van der Waals surface area (Å²) in [6, 6.07) is 13.6. The van der Waals surface area contributed by atoms with Crippen LogP contribution in [0.2, 0.25) is 5.02 Å². The highest BCUT2D eigenvalue weighted by Gasteiger charge is 2.07. The van der Waals surface area contributed by atoms with Gasteiger partial charge in [0, 0.05) is 17.0 Å². The second-order valence-corrected chi connectivity index (χ2v) is 4.33. The largest absolute Gasteiger partial charge is 0.239 e. The molecular formula is C14H8ClN3. The first-order valence-electron chi connectivity index (χ1n) is 5.42. The van der Waals surface area contributed by atoms with Crippen molar-refractivity contribution in [2.75, 3.05) is 0 Å². The molecule has 1 heterocycles. The number of nitrogens with zero attached hydrogens (tertiary/aromatic N) is 3. The molecule has 0 saturated carbocycles. The van der Waals surface area contributed by atoms with E-state index in [0.717, 1.165) is 16.5 Å². The van der Waals surface area contributed by atoms with Crippen LogP contribution in [0.15, 0.2) is 48.8 Å². The smallest absolute Gasteiger partial charge is 0.0998 e. The Kier molecular flexibility index (Phi) is 2.51. The molecule has 0 amide bonds. The molecule has 18 heavy (non-hydrogen) atoms. The number of halogens is 1. The van der Waals surface area contributed by atoms with Gasteiger partial charge in [0.1, 0.15) is 0 Å². The third-order valence-electron chi connectivity index (χ3n) is 2.82. The lowest BCUT2D eigenvalue weighted by molar-refractivity contribution is 0.887. The summed E-state index contributed by atoms with van der Waals surface area (Å²) in [5, 5.41) is 15.8. The number of aromatic nitrogens is 2. The minimum atomic E-state index is 0.587. The fourth-order valence-electron chi connectivity index (χ4n) is 2.01. The Bertz CT molecular complexity index is 768. The van der Waals surface area contributed by atoms with Crippen molar-refractivity contribution in [2.45, 2.75) is 0 Å². The van der Waals surface area contributed by atoms with Gasteiger partial charge in [-0.05, 0) is 12.1 Å². The zero-order valence-electron chi connectivity index (χ0n) is 9.34. The molecule has 2 aromatic carbocycles. The summed E-state index contributed by atoms with van der Waals surface area (Å²) < 4.78 is 1.71. The second kappa shape index (κ2) is 4.17. The normalized spacial score (nSPS) is 10.4. The van der Waals surface area contributed by atoms with Gasteiger partial charge >= 0.3 is 0 Å². The second-order valence-electron chi connectivity index (χ2n) is 3.89. The highest BCUT2D eigenvalue weighted by Crippen LogP contribution is 2.25. The average Bonchev–Trinajstić information content (AvgIpc) is 2.84. The standard InChI is InChI=1S/C14H8ClN3/c15-11-8-17-18(9-11)14-6-5-10(7-16)12-3-1-2-4-13(12)14/h1-6,8-9H. The Hall–Kier alpha value is -2.31. The van der Waals surface area contributed by atoms with Crippen molar-refractivity contribution in [1.82, 2.24) is 9.78 Å². The predicted octanol–water partition coefficient (Wildman–Crippen LogP) is 3.55. The van der Waals surface area contributed by atoms with Crippen molar-refractivity contribution < 1.29 is 0 Å². The van der Waals surface area contributed by atoms with Crippen molar-refractivity contribution in [3.63, 3.8) is 0 Å². The fraction of sp³-hybridized carbons (Fsp3) is 0. The molecule has 0 fully saturated rings. The van der Waals surface area contributed by atoms with E-state index in [1.54, 1.807) is 23.1 Å².